The Bertz CT molecular complexity index is 538. The molecule has 0 saturated heterocycles. The van der Waals surface area contributed by atoms with Crippen molar-refractivity contribution in [1.29, 1.82) is 0 Å². The third-order valence-electron chi connectivity index (χ3n) is 2.62. The average molecular weight is 250 g/mol. The van der Waals surface area contributed by atoms with Crippen LogP contribution >= 0.6 is 0 Å². The molecule has 0 bridgehead atoms. The van der Waals surface area contributed by atoms with Crippen molar-refractivity contribution in [3.63, 3.8) is 0 Å². The molecule has 96 valence electrons. The Morgan fingerprint density at radius 1 is 1.33 bits per heavy atom. The summed E-state index contributed by atoms with van der Waals surface area (Å²) in [6, 6.07) is 6.41. The molecule has 1 heterocycles. The van der Waals surface area contributed by atoms with Gasteiger partial charge in [0.2, 0.25) is 0 Å². The van der Waals surface area contributed by atoms with Crippen LogP contribution in [0.4, 0.5) is 4.39 Å². The lowest BCUT2D eigenvalue weighted by Crippen LogP contribution is -2.31. The quantitative estimate of drug-likeness (QED) is 0.875. The zero-order valence-corrected chi connectivity index (χ0v) is 10.3. The van der Waals surface area contributed by atoms with Crippen LogP contribution in [0, 0.1) is 5.82 Å². The Morgan fingerprint density at radius 3 is 2.67 bits per heavy atom. The maximum absolute atomic E-state index is 13.5. The minimum absolute atomic E-state index is 0.206. The summed E-state index contributed by atoms with van der Waals surface area (Å²) in [4.78, 5) is 1.33. The number of halogens is 1. The first-order valence-electron chi connectivity index (χ1n) is 5.65. The Hall–Kier alpha value is -1.82. The summed E-state index contributed by atoms with van der Waals surface area (Å²) in [5.41, 5.74) is -0.628. The zero-order chi connectivity index (χ0) is 13.2. The molecule has 5 nitrogen and oxygen atoms in total. The first-order valence-corrected chi connectivity index (χ1v) is 5.65. The molecule has 2 rings (SSSR count). The van der Waals surface area contributed by atoms with Crippen molar-refractivity contribution in [2.75, 3.05) is 0 Å². The lowest BCUT2D eigenvalue weighted by atomic mass is 9.93. The highest BCUT2D eigenvalue weighted by Gasteiger charge is 2.25. The highest BCUT2D eigenvalue weighted by atomic mass is 19.1. The van der Waals surface area contributed by atoms with E-state index in [-0.39, 0.29) is 18.7 Å². The molecule has 0 aliphatic carbocycles. The molecule has 18 heavy (non-hydrogen) atoms. The molecule has 1 N–H and O–H groups in total. The van der Waals surface area contributed by atoms with Gasteiger partial charge in [0.1, 0.15) is 5.82 Å². The summed E-state index contributed by atoms with van der Waals surface area (Å²) in [6.45, 7) is 1.63. The summed E-state index contributed by atoms with van der Waals surface area (Å²) < 4.78 is 13.5. The lowest BCUT2D eigenvalue weighted by Gasteiger charge is -2.21. The van der Waals surface area contributed by atoms with Crippen LogP contribution in [0.25, 0.3) is 0 Å². The van der Waals surface area contributed by atoms with Crippen LogP contribution < -0.4 is 0 Å². The number of aryl methyl sites for hydroxylation is 1. The van der Waals surface area contributed by atoms with Crippen LogP contribution in [-0.2, 0) is 19.9 Å². The Kier molecular flexibility index (Phi) is 3.38. The monoisotopic (exact) mass is 250 g/mol. The van der Waals surface area contributed by atoms with Gasteiger partial charge in [0.15, 0.2) is 5.82 Å². The first kappa shape index (κ1) is 12.6. The van der Waals surface area contributed by atoms with Crippen LogP contribution in [0.2, 0.25) is 0 Å². The highest BCUT2D eigenvalue weighted by Crippen LogP contribution is 2.18. The normalized spacial score (nSPS) is 14.4. The maximum Gasteiger partial charge on any atom is 0.177 e. The fourth-order valence-corrected chi connectivity index (χ4v) is 1.85. The molecule has 0 spiro atoms. The summed E-state index contributed by atoms with van der Waals surface area (Å²) in [5.74, 6) is 0.128. The van der Waals surface area contributed by atoms with Gasteiger partial charge in [0.05, 0.1) is 12.6 Å². The second-order valence-electron chi connectivity index (χ2n) is 4.64. The number of nitrogens with zero attached hydrogens (tertiary/aromatic N) is 4. The molecule has 1 aromatic carbocycles. The number of hydrogen-bond acceptors (Lipinski definition) is 4. The maximum atomic E-state index is 13.5. The van der Waals surface area contributed by atoms with Gasteiger partial charge in [-0.05, 0) is 23.8 Å². The fourth-order valence-electron chi connectivity index (χ4n) is 1.85. The van der Waals surface area contributed by atoms with Crippen LogP contribution in [0.15, 0.2) is 24.3 Å². The van der Waals surface area contributed by atoms with Gasteiger partial charge in [0.25, 0.3) is 0 Å². The number of benzene rings is 1. The van der Waals surface area contributed by atoms with Gasteiger partial charge in [0, 0.05) is 12.8 Å². The smallest absolute Gasteiger partial charge is 0.177 e. The van der Waals surface area contributed by atoms with Crippen LogP contribution in [0.3, 0.4) is 0 Å². The molecule has 1 unspecified atom stereocenters. The van der Waals surface area contributed by atoms with E-state index >= 15 is 0 Å². The molecule has 0 saturated carbocycles. The van der Waals surface area contributed by atoms with Gasteiger partial charge in [-0.15, -0.1) is 10.2 Å². The van der Waals surface area contributed by atoms with E-state index in [4.69, 9.17) is 0 Å². The number of rotatable bonds is 4. The molecule has 6 heteroatoms. The minimum Gasteiger partial charge on any atom is -0.389 e. The van der Waals surface area contributed by atoms with E-state index in [0.29, 0.717) is 11.4 Å². The molecular formula is C12H15FN4O. The SMILES string of the molecule is Cn1nnc(CC(C)(O)Cc2ccccc2F)n1. The van der Waals surface area contributed by atoms with E-state index in [0.717, 1.165) is 0 Å². The predicted octanol–water partition coefficient (Wildman–Crippen LogP) is 0.885. The van der Waals surface area contributed by atoms with E-state index in [1.165, 1.54) is 10.9 Å². The van der Waals surface area contributed by atoms with E-state index < -0.39 is 5.60 Å². The molecule has 1 atom stereocenters. The zero-order valence-electron chi connectivity index (χ0n) is 10.3. The second kappa shape index (κ2) is 4.81. The first-order chi connectivity index (χ1) is 8.46. The largest absolute Gasteiger partial charge is 0.389 e. The van der Waals surface area contributed by atoms with E-state index in [9.17, 15) is 9.50 Å². The molecular weight excluding hydrogens is 235 g/mol. The molecule has 0 aliphatic heterocycles. The molecule has 0 aliphatic rings. The van der Waals surface area contributed by atoms with Gasteiger partial charge in [-0.1, -0.05) is 18.2 Å². The van der Waals surface area contributed by atoms with Crippen LogP contribution in [-0.4, -0.2) is 30.9 Å². The average Bonchev–Trinajstić information content (AvgIpc) is 2.66. The molecule has 2 aromatic rings. The van der Waals surface area contributed by atoms with Gasteiger partial charge >= 0.3 is 0 Å². The third kappa shape index (κ3) is 3.10. The Balaban J connectivity index is 2.10. The van der Waals surface area contributed by atoms with Crippen molar-refractivity contribution in [1.82, 2.24) is 20.2 Å². The van der Waals surface area contributed by atoms with Crippen molar-refractivity contribution < 1.29 is 9.50 Å². The Morgan fingerprint density at radius 2 is 2.06 bits per heavy atom. The summed E-state index contributed by atoms with van der Waals surface area (Å²) in [7, 11) is 1.65. The van der Waals surface area contributed by atoms with Crippen molar-refractivity contribution in [3.8, 4) is 0 Å². The van der Waals surface area contributed by atoms with Crippen molar-refractivity contribution in [2.45, 2.75) is 25.4 Å². The molecule has 0 radical (unpaired) electrons. The highest BCUT2D eigenvalue weighted by molar-refractivity contribution is 5.19. The van der Waals surface area contributed by atoms with Crippen molar-refractivity contribution >= 4 is 0 Å². The van der Waals surface area contributed by atoms with Gasteiger partial charge < -0.3 is 5.11 Å². The van der Waals surface area contributed by atoms with Gasteiger partial charge in [-0.25, -0.2) is 4.39 Å². The summed E-state index contributed by atoms with van der Waals surface area (Å²) in [5, 5.41) is 21.8. The summed E-state index contributed by atoms with van der Waals surface area (Å²) >= 11 is 0. The standard InChI is InChI=1S/C12H15FN4O/c1-12(18,8-11-14-16-17(2)15-11)7-9-5-3-4-6-10(9)13/h3-6,18H,7-8H2,1-2H3. The summed E-state index contributed by atoms with van der Waals surface area (Å²) in [6.07, 6.45) is 0.438. The Labute approximate surface area is 104 Å². The van der Waals surface area contributed by atoms with Gasteiger partial charge in [-0.3, -0.25) is 0 Å². The number of hydrogen-bond donors (Lipinski definition) is 1. The minimum atomic E-state index is -1.11. The molecule has 0 amide bonds. The second-order valence-corrected chi connectivity index (χ2v) is 4.64. The molecule has 0 fully saturated rings. The van der Waals surface area contributed by atoms with E-state index in [2.05, 4.69) is 15.4 Å². The topological polar surface area (TPSA) is 63.8 Å². The van der Waals surface area contributed by atoms with E-state index in [1.54, 1.807) is 32.2 Å². The number of tetrazole rings is 1. The van der Waals surface area contributed by atoms with Crippen LogP contribution in [0.1, 0.15) is 18.3 Å². The number of aromatic nitrogens is 4. The van der Waals surface area contributed by atoms with E-state index in [1.807, 2.05) is 0 Å². The van der Waals surface area contributed by atoms with Gasteiger partial charge in [-0.2, -0.15) is 4.80 Å². The van der Waals surface area contributed by atoms with Crippen LogP contribution in [0.5, 0.6) is 0 Å². The van der Waals surface area contributed by atoms with Crippen molar-refractivity contribution in [2.24, 2.45) is 7.05 Å². The third-order valence-corrected chi connectivity index (χ3v) is 2.62. The van der Waals surface area contributed by atoms with Crippen molar-refractivity contribution in [3.05, 3.63) is 41.5 Å². The number of aliphatic hydroxyl groups is 1. The molecule has 1 aromatic heterocycles. The predicted molar refractivity (Wildman–Crippen MR) is 63.2 cm³/mol. The fraction of sp³-hybridized carbons (Fsp3) is 0.417. The lowest BCUT2D eigenvalue weighted by molar-refractivity contribution is 0.0578.